The number of likely N-dealkylation sites (N-methyl/N-ethyl adjacent to an activating group) is 1. The molecule has 1 aromatic carbocycles. The first kappa shape index (κ1) is 13.6. The van der Waals surface area contributed by atoms with Crippen molar-refractivity contribution in [1.82, 2.24) is 10.2 Å². The summed E-state index contributed by atoms with van der Waals surface area (Å²) < 4.78 is 0. The van der Waals surface area contributed by atoms with Gasteiger partial charge in [0, 0.05) is 25.7 Å². The molecule has 0 aromatic heterocycles. The van der Waals surface area contributed by atoms with Crippen LogP contribution in [0.4, 0.5) is 0 Å². The number of likely N-dealkylation sites (tertiary alicyclic amines) is 1. The maximum atomic E-state index is 3.60. The van der Waals surface area contributed by atoms with E-state index in [0.717, 1.165) is 19.0 Å². The number of benzene rings is 1. The molecule has 1 N–H and O–H groups in total. The fraction of sp³-hybridized carbons (Fsp3) is 0.625. The zero-order chi connectivity index (χ0) is 13.0. The Labute approximate surface area is 111 Å². The Hall–Kier alpha value is -0.860. The van der Waals surface area contributed by atoms with E-state index in [2.05, 4.69) is 55.3 Å². The van der Waals surface area contributed by atoms with Gasteiger partial charge >= 0.3 is 0 Å². The molecule has 0 saturated carbocycles. The number of hydrogen-bond donors (Lipinski definition) is 1. The van der Waals surface area contributed by atoms with Crippen LogP contribution in [0.25, 0.3) is 0 Å². The molecular formula is C16H26N2. The van der Waals surface area contributed by atoms with Gasteiger partial charge in [-0.2, -0.15) is 0 Å². The Kier molecular flexibility index (Phi) is 4.79. The average molecular weight is 246 g/mol. The number of nitrogens with one attached hydrogen (secondary N) is 1. The normalized spacial score (nSPS) is 25.3. The van der Waals surface area contributed by atoms with E-state index in [0.29, 0.717) is 6.04 Å². The first-order chi connectivity index (χ1) is 8.67. The molecule has 2 unspecified atom stereocenters. The van der Waals surface area contributed by atoms with E-state index >= 15 is 0 Å². The zero-order valence-corrected chi connectivity index (χ0v) is 11.9. The maximum absolute atomic E-state index is 3.60. The lowest BCUT2D eigenvalue weighted by molar-refractivity contribution is 0.143. The minimum Gasteiger partial charge on any atom is -0.313 e. The van der Waals surface area contributed by atoms with E-state index in [-0.39, 0.29) is 0 Å². The third-order valence-electron chi connectivity index (χ3n) is 3.75. The smallest absolute Gasteiger partial charge is 0.0234 e. The molecule has 100 valence electrons. The van der Waals surface area contributed by atoms with Crippen molar-refractivity contribution in [3.63, 3.8) is 0 Å². The minimum atomic E-state index is 0.671. The lowest BCUT2D eigenvalue weighted by Crippen LogP contribution is -2.48. The highest BCUT2D eigenvalue weighted by Gasteiger charge is 2.23. The molecule has 1 aliphatic heterocycles. The predicted octanol–water partition coefficient (Wildman–Crippen LogP) is 2.81. The van der Waals surface area contributed by atoms with E-state index in [4.69, 9.17) is 0 Å². The van der Waals surface area contributed by atoms with Gasteiger partial charge in [-0.05, 0) is 31.4 Å². The van der Waals surface area contributed by atoms with Gasteiger partial charge in [0.2, 0.25) is 0 Å². The van der Waals surface area contributed by atoms with Gasteiger partial charge in [0.05, 0.1) is 0 Å². The van der Waals surface area contributed by atoms with Crippen LogP contribution in [-0.4, -0.2) is 30.6 Å². The number of aryl methyl sites for hydroxylation is 1. The fourth-order valence-electron chi connectivity index (χ4n) is 2.98. The Morgan fingerprint density at radius 2 is 1.94 bits per heavy atom. The third kappa shape index (κ3) is 3.82. The summed E-state index contributed by atoms with van der Waals surface area (Å²) in [5.41, 5.74) is 2.78. The Morgan fingerprint density at radius 1 is 1.22 bits per heavy atom. The van der Waals surface area contributed by atoms with Crippen LogP contribution >= 0.6 is 0 Å². The Morgan fingerprint density at radius 3 is 2.61 bits per heavy atom. The molecule has 2 atom stereocenters. The number of piperidine rings is 1. The highest BCUT2D eigenvalue weighted by molar-refractivity contribution is 5.21. The molecule has 0 spiro atoms. The number of hydrogen-bond acceptors (Lipinski definition) is 2. The molecule has 2 heteroatoms. The molecular weight excluding hydrogens is 220 g/mol. The number of nitrogens with zero attached hydrogens (tertiary/aromatic N) is 1. The van der Waals surface area contributed by atoms with Crippen LogP contribution in [0.5, 0.6) is 0 Å². The van der Waals surface area contributed by atoms with Gasteiger partial charge in [-0.3, -0.25) is 4.90 Å². The van der Waals surface area contributed by atoms with E-state index in [9.17, 15) is 0 Å². The lowest BCUT2D eigenvalue weighted by Gasteiger charge is -2.36. The monoisotopic (exact) mass is 246 g/mol. The second kappa shape index (κ2) is 6.35. The molecule has 2 rings (SSSR count). The second-order valence-corrected chi connectivity index (χ2v) is 5.78. The Bertz CT molecular complexity index is 358. The van der Waals surface area contributed by atoms with Crippen LogP contribution in [0, 0.1) is 12.8 Å². The summed E-state index contributed by atoms with van der Waals surface area (Å²) in [5.74, 6) is 0.799. The van der Waals surface area contributed by atoms with Gasteiger partial charge in [0.25, 0.3) is 0 Å². The summed E-state index contributed by atoms with van der Waals surface area (Å²) in [6, 6.07) is 9.62. The standard InChI is InChI=1S/C16H26N2/c1-4-17-16-9-14(3)10-18(12-16)11-15-7-5-13(2)6-8-15/h5-8,14,16-17H,4,9-12H2,1-3H3. The summed E-state index contributed by atoms with van der Waals surface area (Å²) in [4.78, 5) is 2.59. The van der Waals surface area contributed by atoms with Crippen LogP contribution in [0.2, 0.25) is 0 Å². The molecule has 0 amide bonds. The third-order valence-corrected chi connectivity index (χ3v) is 3.75. The average Bonchev–Trinajstić information content (AvgIpc) is 2.32. The maximum Gasteiger partial charge on any atom is 0.0234 e. The molecule has 1 aliphatic rings. The molecule has 1 saturated heterocycles. The predicted molar refractivity (Wildman–Crippen MR) is 77.7 cm³/mol. The molecule has 1 aromatic rings. The summed E-state index contributed by atoms with van der Waals surface area (Å²) >= 11 is 0. The first-order valence-corrected chi connectivity index (χ1v) is 7.18. The molecule has 0 radical (unpaired) electrons. The van der Waals surface area contributed by atoms with Gasteiger partial charge in [0.1, 0.15) is 0 Å². The van der Waals surface area contributed by atoms with Crippen molar-refractivity contribution in [3.8, 4) is 0 Å². The highest BCUT2D eigenvalue weighted by atomic mass is 15.2. The van der Waals surface area contributed by atoms with Gasteiger partial charge in [0.15, 0.2) is 0 Å². The van der Waals surface area contributed by atoms with Crippen LogP contribution in [0.3, 0.4) is 0 Å². The lowest BCUT2D eigenvalue weighted by atomic mass is 9.95. The largest absolute Gasteiger partial charge is 0.313 e. The molecule has 2 nitrogen and oxygen atoms in total. The van der Waals surface area contributed by atoms with E-state index in [1.165, 1.54) is 30.6 Å². The summed E-state index contributed by atoms with van der Waals surface area (Å²) in [6.07, 6.45) is 1.32. The van der Waals surface area contributed by atoms with Gasteiger partial charge < -0.3 is 5.32 Å². The minimum absolute atomic E-state index is 0.671. The van der Waals surface area contributed by atoms with Crippen molar-refractivity contribution in [2.45, 2.75) is 39.8 Å². The molecule has 1 heterocycles. The quantitative estimate of drug-likeness (QED) is 0.879. The topological polar surface area (TPSA) is 15.3 Å². The van der Waals surface area contributed by atoms with Crippen molar-refractivity contribution in [1.29, 1.82) is 0 Å². The Balaban J connectivity index is 1.93. The van der Waals surface area contributed by atoms with Crippen molar-refractivity contribution >= 4 is 0 Å². The summed E-state index contributed by atoms with van der Waals surface area (Å²) in [5, 5.41) is 3.60. The van der Waals surface area contributed by atoms with Crippen LogP contribution in [-0.2, 0) is 6.54 Å². The van der Waals surface area contributed by atoms with Gasteiger partial charge in [-0.1, -0.05) is 43.7 Å². The summed E-state index contributed by atoms with van der Waals surface area (Å²) in [7, 11) is 0. The first-order valence-electron chi connectivity index (χ1n) is 7.18. The van der Waals surface area contributed by atoms with Crippen LogP contribution in [0.1, 0.15) is 31.4 Å². The van der Waals surface area contributed by atoms with Crippen LogP contribution in [0.15, 0.2) is 24.3 Å². The molecule has 0 aliphatic carbocycles. The van der Waals surface area contributed by atoms with Gasteiger partial charge in [-0.15, -0.1) is 0 Å². The SMILES string of the molecule is CCNC1CC(C)CN(Cc2ccc(C)cc2)C1. The highest BCUT2D eigenvalue weighted by Crippen LogP contribution is 2.18. The van der Waals surface area contributed by atoms with Crippen molar-refractivity contribution in [2.24, 2.45) is 5.92 Å². The van der Waals surface area contributed by atoms with Crippen LogP contribution < -0.4 is 5.32 Å². The fourth-order valence-corrected chi connectivity index (χ4v) is 2.98. The molecule has 1 fully saturated rings. The molecule has 0 bridgehead atoms. The van der Waals surface area contributed by atoms with Crippen molar-refractivity contribution in [2.75, 3.05) is 19.6 Å². The summed E-state index contributed by atoms with van der Waals surface area (Å²) in [6.45, 7) is 11.3. The zero-order valence-electron chi connectivity index (χ0n) is 11.9. The van der Waals surface area contributed by atoms with E-state index in [1.807, 2.05) is 0 Å². The number of rotatable bonds is 4. The second-order valence-electron chi connectivity index (χ2n) is 5.78. The van der Waals surface area contributed by atoms with E-state index in [1.54, 1.807) is 0 Å². The van der Waals surface area contributed by atoms with Crippen molar-refractivity contribution < 1.29 is 0 Å². The molecule has 18 heavy (non-hydrogen) atoms. The van der Waals surface area contributed by atoms with Crippen molar-refractivity contribution in [3.05, 3.63) is 35.4 Å². The van der Waals surface area contributed by atoms with Gasteiger partial charge in [-0.25, -0.2) is 0 Å². The van der Waals surface area contributed by atoms with E-state index < -0.39 is 0 Å².